The Morgan fingerprint density at radius 2 is 1.93 bits per heavy atom. The molecule has 40 heavy (non-hydrogen) atoms. The molecule has 1 aromatic heterocycles. The Morgan fingerprint density at radius 3 is 2.62 bits per heavy atom. The lowest BCUT2D eigenvalue weighted by atomic mass is 10.0. The maximum Gasteiger partial charge on any atom is 0.269 e. The number of anilines is 3. The maximum absolute atomic E-state index is 13.6. The van der Waals surface area contributed by atoms with Gasteiger partial charge in [0.05, 0.1) is 52.6 Å². The highest BCUT2D eigenvalue weighted by Gasteiger charge is 2.29. The van der Waals surface area contributed by atoms with E-state index in [0.29, 0.717) is 30.0 Å². The van der Waals surface area contributed by atoms with Gasteiger partial charge in [0.25, 0.3) is 12.0 Å². The second kappa shape index (κ2) is 10.8. The third kappa shape index (κ3) is 5.81. The molecule has 2 aromatic carbocycles. The molecule has 0 atom stereocenters. The average molecular weight is 576 g/mol. The smallest absolute Gasteiger partial charge is 0.269 e. The Hall–Kier alpha value is -3.55. The summed E-state index contributed by atoms with van der Waals surface area (Å²) in [7, 11) is -3.81. The van der Waals surface area contributed by atoms with Crippen molar-refractivity contribution in [3.63, 3.8) is 0 Å². The van der Waals surface area contributed by atoms with Gasteiger partial charge >= 0.3 is 0 Å². The molecule has 3 N–H and O–H groups in total. The monoisotopic (exact) mass is 575 g/mol. The number of imidazole rings is 1. The van der Waals surface area contributed by atoms with Gasteiger partial charge in [0.15, 0.2) is 0 Å². The summed E-state index contributed by atoms with van der Waals surface area (Å²) in [5, 5.41) is 12.0. The highest BCUT2D eigenvalue weighted by Crippen LogP contribution is 2.33. The fourth-order valence-corrected chi connectivity index (χ4v) is 5.89. The maximum atomic E-state index is 13.6. The van der Waals surface area contributed by atoms with Crippen LogP contribution >= 0.6 is 0 Å². The lowest BCUT2D eigenvalue weighted by Gasteiger charge is -2.31. The molecule has 2 aliphatic rings. The Labute approximate surface area is 230 Å². The minimum Gasteiger partial charge on any atom is -0.395 e. The number of aliphatic hydroxyl groups excluding tert-OH is 1. The lowest BCUT2D eigenvalue weighted by Crippen LogP contribution is -2.35. The van der Waals surface area contributed by atoms with E-state index in [0.717, 1.165) is 11.3 Å². The third-order valence-electron chi connectivity index (χ3n) is 7.09. The quantitative estimate of drug-likeness (QED) is 0.388. The largest absolute Gasteiger partial charge is 0.395 e. The van der Waals surface area contributed by atoms with Gasteiger partial charge in [-0.05, 0) is 62.6 Å². The first-order valence-corrected chi connectivity index (χ1v) is 14.6. The number of carbonyl (C=O) groups excluding carboxylic acids is 1. The molecule has 3 aromatic rings. The number of fused-ring (bicyclic) bond motifs is 3. The zero-order valence-electron chi connectivity index (χ0n) is 22.2. The number of halogens is 2. The minimum atomic E-state index is -3.81. The van der Waals surface area contributed by atoms with Gasteiger partial charge in [-0.25, -0.2) is 13.4 Å². The van der Waals surface area contributed by atoms with Crippen LogP contribution in [0.1, 0.15) is 42.9 Å². The summed E-state index contributed by atoms with van der Waals surface area (Å²) in [5.41, 5.74) is 2.56. The van der Waals surface area contributed by atoms with Crippen molar-refractivity contribution in [2.24, 2.45) is 0 Å². The number of amides is 1. The van der Waals surface area contributed by atoms with Crippen LogP contribution in [0.15, 0.2) is 48.1 Å². The molecule has 2 aliphatic heterocycles. The van der Waals surface area contributed by atoms with Crippen LogP contribution in [0.5, 0.6) is 0 Å². The predicted octanol–water partition coefficient (Wildman–Crippen LogP) is 4.08. The van der Waals surface area contributed by atoms with Crippen LogP contribution in [0.3, 0.4) is 0 Å². The van der Waals surface area contributed by atoms with Gasteiger partial charge in [-0.3, -0.25) is 9.52 Å². The number of benzene rings is 2. The summed E-state index contributed by atoms with van der Waals surface area (Å²) in [6, 6.07) is 9.99. The Bertz CT molecular complexity index is 1590. The summed E-state index contributed by atoms with van der Waals surface area (Å²) < 4.78 is 61.2. The van der Waals surface area contributed by atoms with Crippen molar-refractivity contribution >= 4 is 44.0 Å². The number of piperidine rings is 1. The van der Waals surface area contributed by atoms with E-state index in [-0.39, 0.29) is 48.4 Å². The molecular weight excluding hydrogens is 544 g/mol. The highest BCUT2D eigenvalue weighted by atomic mass is 32.2. The van der Waals surface area contributed by atoms with Crippen LogP contribution in [-0.2, 0) is 27.9 Å². The summed E-state index contributed by atoms with van der Waals surface area (Å²) in [6.45, 7) is 4.88. The van der Waals surface area contributed by atoms with Crippen LogP contribution in [0.25, 0.3) is 11.0 Å². The summed E-state index contributed by atoms with van der Waals surface area (Å²) in [4.78, 5) is 20.1. The highest BCUT2D eigenvalue weighted by molar-refractivity contribution is 7.92. The van der Waals surface area contributed by atoms with Gasteiger partial charge in [0.2, 0.25) is 10.0 Å². The van der Waals surface area contributed by atoms with E-state index in [9.17, 15) is 22.0 Å². The number of carbonyl (C=O) groups is 1. The van der Waals surface area contributed by atoms with Crippen molar-refractivity contribution in [1.82, 2.24) is 9.55 Å². The van der Waals surface area contributed by atoms with Gasteiger partial charge in [-0.1, -0.05) is 6.07 Å². The fourth-order valence-electron chi connectivity index (χ4n) is 5.06. The number of sulfonamides is 1. The predicted molar refractivity (Wildman–Crippen MR) is 148 cm³/mol. The molecule has 5 rings (SSSR count). The fraction of sp³-hybridized carbons (Fsp3) is 0.407. The van der Waals surface area contributed by atoms with E-state index >= 15 is 0 Å². The van der Waals surface area contributed by atoms with Crippen molar-refractivity contribution in [2.45, 2.75) is 45.4 Å². The molecular formula is C27H31F2N5O5S. The molecule has 13 heteroatoms. The number of nitrogens with zero attached hydrogens (tertiary/aromatic N) is 3. The number of ether oxygens (including phenoxy) is 1. The number of hydrogen-bond acceptors (Lipinski definition) is 7. The van der Waals surface area contributed by atoms with Gasteiger partial charge in [0, 0.05) is 13.1 Å². The van der Waals surface area contributed by atoms with E-state index in [2.05, 4.69) is 14.6 Å². The normalized spacial score (nSPS) is 17.0. The molecule has 0 aliphatic carbocycles. The Morgan fingerprint density at radius 1 is 1.18 bits per heavy atom. The molecule has 214 valence electrons. The Balaban J connectivity index is 1.48. The topological polar surface area (TPSA) is 126 Å². The zero-order chi connectivity index (χ0) is 28.7. The van der Waals surface area contributed by atoms with Gasteiger partial charge in [-0.15, -0.1) is 0 Å². The van der Waals surface area contributed by atoms with Gasteiger partial charge in [0.1, 0.15) is 17.9 Å². The number of nitrogens with one attached hydrogen (secondary N) is 2. The molecule has 0 radical (unpaired) electrons. The third-order valence-corrected chi connectivity index (χ3v) is 8.35. The summed E-state index contributed by atoms with van der Waals surface area (Å²) >= 11 is 0. The molecule has 0 bridgehead atoms. The molecule has 0 saturated carbocycles. The molecule has 1 saturated heterocycles. The van der Waals surface area contributed by atoms with E-state index in [1.165, 1.54) is 18.2 Å². The van der Waals surface area contributed by atoms with Crippen molar-refractivity contribution in [3.8, 4) is 0 Å². The van der Waals surface area contributed by atoms with E-state index in [1.807, 2.05) is 26.0 Å². The van der Waals surface area contributed by atoms with E-state index in [1.54, 1.807) is 11.0 Å². The van der Waals surface area contributed by atoms with E-state index in [4.69, 9.17) is 14.8 Å². The zero-order valence-corrected chi connectivity index (χ0v) is 23.0. The SMILES string of the molecule is CC1(C)Cn2c(nc3c(NC(=O)c4ccc(NS(=O)(=O)CCO)cc4N4CCC(=C(F)F)CC4)cccc32)CO1. The second-order valence-corrected chi connectivity index (χ2v) is 12.4. The molecule has 0 spiro atoms. The van der Waals surface area contributed by atoms with E-state index < -0.39 is 34.4 Å². The van der Waals surface area contributed by atoms with Crippen molar-refractivity contribution < 1.29 is 31.8 Å². The number of rotatable bonds is 7. The van der Waals surface area contributed by atoms with Gasteiger partial charge < -0.3 is 24.6 Å². The van der Waals surface area contributed by atoms with Crippen molar-refractivity contribution in [1.29, 1.82) is 0 Å². The summed E-state index contributed by atoms with van der Waals surface area (Å²) in [6.07, 6.45) is -1.43. The lowest BCUT2D eigenvalue weighted by molar-refractivity contribution is -0.0634. The second-order valence-electron chi connectivity index (χ2n) is 10.5. The average Bonchev–Trinajstić information content (AvgIpc) is 3.26. The van der Waals surface area contributed by atoms with Crippen molar-refractivity contribution in [3.05, 3.63) is 59.4 Å². The summed E-state index contributed by atoms with van der Waals surface area (Å²) in [5.74, 6) is -0.180. The molecule has 10 nitrogen and oxygen atoms in total. The number of aromatic nitrogens is 2. The number of hydrogen-bond donors (Lipinski definition) is 3. The van der Waals surface area contributed by atoms with Crippen LogP contribution in [0.2, 0.25) is 0 Å². The first-order chi connectivity index (χ1) is 19.0. The standard InChI is InChI=1S/C27H31F2N5O5S/c1-27(2)16-34-21-5-3-4-20(24(21)31-23(34)15-39-27)30-26(36)19-7-6-18(32-40(37,38)13-12-35)14-22(19)33-10-8-17(9-11-33)25(28)29/h3-7,14,32,35H,8-13,15-16H2,1-2H3,(H,30,36). The molecule has 1 fully saturated rings. The Kier molecular flexibility index (Phi) is 7.55. The van der Waals surface area contributed by atoms with Crippen LogP contribution in [-0.4, -0.2) is 60.0 Å². The molecule has 3 heterocycles. The minimum absolute atomic E-state index is 0.0737. The molecule has 1 amide bonds. The number of para-hydroxylation sites is 1. The van der Waals surface area contributed by atoms with Gasteiger partial charge in [-0.2, -0.15) is 8.78 Å². The van der Waals surface area contributed by atoms with Crippen molar-refractivity contribution in [2.75, 3.05) is 40.4 Å². The van der Waals surface area contributed by atoms with Crippen LogP contribution < -0.4 is 14.9 Å². The molecule has 0 unspecified atom stereocenters. The number of aliphatic hydroxyl groups is 1. The first-order valence-electron chi connectivity index (χ1n) is 12.9. The first kappa shape index (κ1) is 28.0. The van der Waals surface area contributed by atoms with Crippen LogP contribution in [0.4, 0.5) is 25.8 Å². The van der Waals surface area contributed by atoms with Crippen LogP contribution in [0, 0.1) is 0 Å².